The van der Waals surface area contributed by atoms with Gasteiger partial charge in [-0.15, -0.1) is 5.10 Å². The van der Waals surface area contributed by atoms with Crippen LogP contribution in [-0.2, 0) is 0 Å². The van der Waals surface area contributed by atoms with Crippen molar-refractivity contribution in [3.8, 4) is 6.07 Å². The Balaban J connectivity index is 2.15. The molecule has 1 saturated heterocycles. The van der Waals surface area contributed by atoms with Crippen molar-refractivity contribution >= 4 is 5.82 Å². The minimum absolute atomic E-state index is 0.502. The van der Waals surface area contributed by atoms with Crippen LogP contribution in [0.4, 0.5) is 5.82 Å². The molecule has 0 radical (unpaired) electrons. The van der Waals surface area contributed by atoms with Crippen LogP contribution in [0.1, 0.15) is 56.4 Å². The van der Waals surface area contributed by atoms with Gasteiger partial charge in [0.25, 0.3) is 0 Å². The third-order valence-electron chi connectivity index (χ3n) is 5.25. The van der Waals surface area contributed by atoms with Crippen LogP contribution in [0, 0.1) is 31.1 Å². The SMILES string of the molecule is CCC(CC)C(CNc1nnc(C)c(C)c1C#N)N1CCCC1. The summed E-state index contributed by atoms with van der Waals surface area (Å²) in [6.07, 6.45) is 4.96. The van der Waals surface area contributed by atoms with Crippen molar-refractivity contribution in [1.82, 2.24) is 15.1 Å². The number of aryl methyl sites for hydroxylation is 1. The van der Waals surface area contributed by atoms with Crippen LogP contribution < -0.4 is 5.32 Å². The zero-order valence-electron chi connectivity index (χ0n) is 14.9. The van der Waals surface area contributed by atoms with Crippen LogP contribution in [0.5, 0.6) is 0 Å². The summed E-state index contributed by atoms with van der Waals surface area (Å²) in [4.78, 5) is 2.60. The minimum Gasteiger partial charge on any atom is -0.366 e. The van der Waals surface area contributed by atoms with Gasteiger partial charge in [-0.2, -0.15) is 10.4 Å². The molecule has 0 aromatic carbocycles. The Morgan fingerprint density at radius 2 is 1.83 bits per heavy atom. The second kappa shape index (κ2) is 8.26. The second-order valence-electron chi connectivity index (χ2n) is 6.51. The molecule has 1 aliphatic rings. The fourth-order valence-electron chi connectivity index (χ4n) is 3.57. The molecule has 1 fully saturated rings. The Labute approximate surface area is 140 Å². The number of nitriles is 1. The summed E-state index contributed by atoms with van der Waals surface area (Å²) >= 11 is 0. The molecule has 0 spiro atoms. The van der Waals surface area contributed by atoms with Crippen LogP contribution in [0.15, 0.2) is 0 Å². The molecule has 1 atom stereocenters. The summed E-state index contributed by atoms with van der Waals surface area (Å²) in [6, 6.07) is 2.78. The average Bonchev–Trinajstić information content (AvgIpc) is 3.09. The summed E-state index contributed by atoms with van der Waals surface area (Å²) < 4.78 is 0. The van der Waals surface area contributed by atoms with Gasteiger partial charge in [0.05, 0.1) is 5.69 Å². The Morgan fingerprint density at radius 3 is 2.39 bits per heavy atom. The number of hydrogen-bond acceptors (Lipinski definition) is 5. The lowest BCUT2D eigenvalue weighted by atomic mass is 9.93. The van der Waals surface area contributed by atoms with Crippen molar-refractivity contribution in [2.75, 3.05) is 25.0 Å². The molecule has 2 rings (SSSR count). The number of hydrogen-bond donors (Lipinski definition) is 1. The summed E-state index contributed by atoms with van der Waals surface area (Å²) in [5.74, 6) is 1.30. The molecule has 5 heteroatoms. The summed E-state index contributed by atoms with van der Waals surface area (Å²) in [5.41, 5.74) is 2.37. The molecule has 1 aromatic rings. The van der Waals surface area contributed by atoms with E-state index in [1.54, 1.807) is 0 Å². The number of rotatable bonds is 7. The molecule has 0 saturated carbocycles. The fourth-order valence-corrected chi connectivity index (χ4v) is 3.57. The topological polar surface area (TPSA) is 64.8 Å². The Kier molecular flexibility index (Phi) is 6.35. The second-order valence-corrected chi connectivity index (χ2v) is 6.51. The van der Waals surface area contributed by atoms with Gasteiger partial charge in [-0.3, -0.25) is 4.90 Å². The van der Waals surface area contributed by atoms with Gasteiger partial charge in [0.15, 0.2) is 5.82 Å². The zero-order chi connectivity index (χ0) is 16.8. The summed E-state index contributed by atoms with van der Waals surface area (Å²) in [6.45, 7) is 11.6. The zero-order valence-corrected chi connectivity index (χ0v) is 14.9. The first-order valence-electron chi connectivity index (χ1n) is 8.84. The van der Waals surface area contributed by atoms with E-state index in [0.29, 0.717) is 23.3 Å². The van der Waals surface area contributed by atoms with E-state index in [2.05, 4.69) is 40.3 Å². The fraction of sp³-hybridized carbons (Fsp3) is 0.722. The monoisotopic (exact) mass is 315 g/mol. The van der Waals surface area contributed by atoms with E-state index in [0.717, 1.165) is 17.8 Å². The van der Waals surface area contributed by atoms with Crippen LogP contribution in [0.3, 0.4) is 0 Å². The average molecular weight is 315 g/mol. The third kappa shape index (κ3) is 4.00. The molecule has 5 nitrogen and oxygen atoms in total. The first-order chi connectivity index (χ1) is 11.1. The van der Waals surface area contributed by atoms with Crippen LogP contribution in [0.2, 0.25) is 0 Å². The highest BCUT2D eigenvalue weighted by molar-refractivity contribution is 5.55. The Morgan fingerprint density at radius 1 is 1.17 bits per heavy atom. The lowest BCUT2D eigenvalue weighted by Crippen LogP contribution is -2.43. The van der Waals surface area contributed by atoms with E-state index in [1.807, 2.05) is 13.8 Å². The first-order valence-corrected chi connectivity index (χ1v) is 8.84. The highest BCUT2D eigenvalue weighted by Gasteiger charge is 2.27. The maximum Gasteiger partial charge on any atom is 0.166 e. The predicted molar refractivity (Wildman–Crippen MR) is 93.4 cm³/mol. The van der Waals surface area contributed by atoms with Crippen molar-refractivity contribution < 1.29 is 0 Å². The summed E-state index contributed by atoms with van der Waals surface area (Å²) in [7, 11) is 0. The van der Waals surface area contributed by atoms with E-state index >= 15 is 0 Å². The smallest absolute Gasteiger partial charge is 0.166 e. The van der Waals surface area contributed by atoms with E-state index in [-0.39, 0.29) is 0 Å². The molecule has 1 N–H and O–H groups in total. The van der Waals surface area contributed by atoms with Gasteiger partial charge < -0.3 is 5.32 Å². The molecule has 0 bridgehead atoms. The number of anilines is 1. The molecule has 23 heavy (non-hydrogen) atoms. The van der Waals surface area contributed by atoms with E-state index in [4.69, 9.17) is 0 Å². The highest BCUT2D eigenvalue weighted by atomic mass is 15.2. The molecule has 0 aliphatic carbocycles. The maximum absolute atomic E-state index is 9.43. The largest absolute Gasteiger partial charge is 0.366 e. The molecular weight excluding hydrogens is 286 g/mol. The van der Waals surface area contributed by atoms with Crippen molar-refractivity contribution in [3.63, 3.8) is 0 Å². The third-order valence-corrected chi connectivity index (χ3v) is 5.25. The predicted octanol–water partition coefficient (Wildman–Crippen LogP) is 3.28. The van der Waals surface area contributed by atoms with Crippen LogP contribution in [-0.4, -0.2) is 40.8 Å². The normalized spacial score (nSPS) is 16.5. The molecule has 0 amide bonds. The van der Waals surface area contributed by atoms with Crippen LogP contribution in [0.25, 0.3) is 0 Å². The minimum atomic E-state index is 0.502. The van der Waals surface area contributed by atoms with Gasteiger partial charge in [-0.05, 0) is 51.3 Å². The Bertz CT molecular complexity index is 551. The lowest BCUT2D eigenvalue weighted by molar-refractivity contribution is 0.175. The van der Waals surface area contributed by atoms with Crippen LogP contribution >= 0.6 is 0 Å². The maximum atomic E-state index is 9.43. The van der Waals surface area contributed by atoms with Gasteiger partial charge in [-0.25, -0.2) is 0 Å². The molecule has 1 aromatic heterocycles. The number of nitrogens with one attached hydrogen (secondary N) is 1. The van der Waals surface area contributed by atoms with Gasteiger partial charge in [0, 0.05) is 12.6 Å². The van der Waals surface area contributed by atoms with Crippen molar-refractivity contribution in [1.29, 1.82) is 5.26 Å². The van der Waals surface area contributed by atoms with E-state index in [9.17, 15) is 5.26 Å². The van der Waals surface area contributed by atoms with Crippen molar-refractivity contribution in [3.05, 3.63) is 16.8 Å². The summed E-state index contributed by atoms with van der Waals surface area (Å²) in [5, 5.41) is 21.2. The van der Waals surface area contributed by atoms with Gasteiger partial charge >= 0.3 is 0 Å². The quantitative estimate of drug-likeness (QED) is 0.836. The molecular formula is C18H29N5. The lowest BCUT2D eigenvalue weighted by Gasteiger charge is -2.34. The van der Waals surface area contributed by atoms with E-state index in [1.165, 1.54) is 38.8 Å². The molecule has 2 heterocycles. The molecule has 1 aliphatic heterocycles. The number of likely N-dealkylation sites (tertiary alicyclic amines) is 1. The standard InChI is InChI=1S/C18H29N5/c1-5-15(6-2)17(23-9-7-8-10-23)12-20-18-16(11-19)13(3)14(4)21-22-18/h15,17H,5-10,12H2,1-4H3,(H,20,22). The first kappa shape index (κ1) is 17.7. The molecule has 126 valence electrons. The highest BCUT2D eigenvalue weighted by Crippen LogP contribution is 2.24. The Hall–Kier alpha value is -1.67. The van der Waals surface area contributed by atoms with Crippen molar-refractivity contribution in [2.24, 2.45) is 5.92 Å². The molecule has 1 unspecified atom stereocenters. The van der Waals surface area contributed by atoms with Gasteiger partial charge in [0.1, 0.15) is 11.6 Å². The van der Waals surface area contributed by atoms with E-state index < -0.39 is 0 Å². The number of nitrogens with zero attached hydrogens (tertiary/aromatic N) is 4. The van der Waals surface area contributed by atoms with Gasteiger partial charge in [0.2, 0.25) is 0 Å². The van der Waals surface area contributed by atoms with Gasteiger partial charge in [-0.1, -0.05) is 26.7 Å². The van der Waals surface area contributed by atoms with Crippen molar-refractivity contribution in [2.45, 2.75) is 59.4 Å². The number of aromatic nitrogens is 2.